The highest BCUT2D eigenvalue weighted by molar-refractivity contribution is 7.87. The molecule has 0 bridgehead atoms. The van der Waals surface area contributed by atoms with Gasteiger partial charge in [0.15, 0.2) is 0 Å². The Morgan fingerprint density at radius 1 is 0.927 bits per heavy atom. The number of halogens is 6. The van der Waals surface area contributed by atoms with Crippen LogP contribution in [0, 0.1) is 0 Å². The van der Waals surface area contributed by atoms with Crippen LogP contribution in [0.1, 0.15) is 60.7 Å². The molecule has 0 radical (unpaired) electrons. The van der Waals surface area contributed by atoms with E-state index in [1.807, 2.05) is 0 Å². The van der Waals surface area contributed by atoms with Gasteiger partial charge in [0.1, 0.15) is 5.60 Å². The largest absolute Gasteiger partial charge is 0.444 e. The van der Waals surface area contributed by atoms with Crippen molar-refractivity contribution in [2.75, 3.05) is 13.1 Å². The SMILES string of the molecule is CC(C)(C)OC(=O)N1CCC(N(Cc2ccccc2)S(=O)(=O)NC(=O)c2cc(C(F)(F)F)cc(C(F)(F)F)c2)CC1. The lowest BCUT2D eigenvalue weighted by molar-refractivity contribution is -0.143. The molecule has 8 nitrogen and oxygen atoms in total. The van der Waals surface area contributed by atoms with E-state index in [2.05, 4.69) is 0 Å². The molecule has 2 aromatic rings. The molecule has 1 aliphatic heterocycles. The molecule has 1 fully saturated rings. The Kier molecular flexibility index (Phi) is 9.33. The molecule has 0 spiro atoms. The van der Waals surface area contributed by atoms with Crippen LogP contribution in [-0.2, 0) is 33.8 Å². The van der Waals surface area contributed by atoms with E-state index in [0.29, 0.717) is 5.56 Å². The monoisotopic (exact) mass is 609 g/mol. The zero-order chi connectivity index (χ0) is 30.8. The van der Waals surface area contributed by atoms with Gasteiger partial charge in [0.2, 0.25) is 0 Å². The number of piperidine rings is 1. The van der Waals surface area contributed by atoms with Crippen LogP contribution < -0.4 is 4.72 Å². The molecule has 3 rings (SSSR count). The average molecular weight is 610 g/mol. The summed E-state index contributed by atoms with van der Waals surface area (Å²) in [5.41, 5.74) is -4.89. The van der Waals surface area contributed by atoms with Gasteiger partial charge in [-0.25, -0.2) is 9.52 Å². The molecule has 0 aliphatic carbocycles. The normalized spacial score (nSPS) is 15.6. The maximum absolute atomic E-state index is 13.4. The van der Waals surface area contributed by atoms with Gasteiger partial charge in [-0.3, -0.25) is 4.79 Å². The van der Waals surface area contributed by atoms with Gasteiger partial charge in [-0.2, -0.15) is 39.1 Å². The third-order valence-electron chi connectivity index (χ3n) is 6.08. The van der Waals surface area contributed by atoms with Gasteiger partial charge in [0.25, 0.3) is 5.91 Å². The first-order valence-electron chi connectivity index (χ1n) is 12.4. The summed E-state index contributed by atoms with van der Waals surface area (Å²) < 4.78 is 114. The van der Waals surface area contributed by atoms with Crippen molar-refractivity contribution in [3.05, 3.63) is 70.8 Å². The van der Waals surface area contributed by atoms with Crippen LogP contribution in [0.5, 0.6) is 0 Å². The molecule has 1 heterocycles. The Hall–Kier alpha value is -3.33. The molecule has 2 aromatic carbocycles. The highest BCUT2D eigenvalue weighted by Gasteiger charge is 2.39. The summed E-state index contributed by atoms with van der Waals surface area (Å²) in [7, 11) is -4.79. The van der Waals surface area contributed by atoms with E-state index in [9.17, 15) is 44.3 Å². The molecular weight excluding hydrogens is 580 g/mol. The number of rotatable bonds is 6. The number of alkyl halides is 6. The van der Waals surface area contributed by atoms with Crippen molar-refractivity contribution in [3.8, 4) is 0 Å². The number of nitrogens with zero attached hydrogens (tertiary/aromatic N) is 2. The molecule has 226 valence electrons. The molecule has 2 amide bonds. The fraction of sp³-hybridized carbons (Fsp3) is 0.462. The summed E-state index contributed by atoms with van der Waals surface area (Å²) in [5.74, 6) is -1.66. The second kappa shape index (κ2) is 11.9. The Balaban J connectivity index is 1.89. The van der Waals surface area contributed by atoms with Crippen LogP contribution in [0.15, 0.2) is 48.5 Å². The molecule has 41 heavy (non-hydrogen) atoms. The van der Waals surface area contributed by atoms with Crippen molar-refractivity contribution in [1.29, 1.82) is 0 Å². The summed E-state index contributed by atoms with van der Waals surface area (Å²) >= 11 is 0. The number of amides is 2. The van der Waals surface area contributed by atoms with Gasteiger partial charge in [-0.15, -0.1) is 0 Å². The highest BCUT2D eigenvalue weighted by Crippen LogP contribution is 2.36. The lowest BCUT2D eigenvalue weighted by atomic mass is 10.0. The highest BCUT2D eigenvalue weighted by atomic mass is 32.2. The Morgan fingerprint density at radius 3 is 1.90 bits per heavy atom. The van der Waals surface area contributed by atoms with Gasteiger partial charge in [-0.1, -0.05) is 30.3 Å². The van der Waals surface area contributed by atoms with Crippen molar-refractivity contribution in [3.63, 3.8) is 0 Å². The molecule has 15 heteroatoms. The van der Waals surface area contributed by atoms with E-state index in [1.165, 1.54) is 4.90 Å². The summed E-state index contributed by atoms with van der Waals surface area (Å²) in [6.45, 7) is 5.04. The molecule has 1 N–H and O–H groups in total. The zero-order valence-electron chi connectivity index (χ0n) is 22.3. The van der Waals surface area contributed by atoms with Crippen molar-refractivity contribution in [2.45, 2.75) is 64.2 Å². The Labute approximate surface area is 233 Å². The molecule has 1 saturated heterocycles. The first kappa shape index (κ1) is 32.2. The van der Waals surface area contributed by atoms with E-state index in [1.54, 1.807) is 55.8 Å². The van der Waals surface area contributed by atoms with E-state index in [4.69, 9.17) is 4.74 Å². The number of benzene rings is 2. The van der Waals surface area contributed by atoms with Crippen LogP contribution in [0.2, 0.25) is 0 Å². The van der Waals surface area contributed by atoms with E-state index >= 15 is 0 Å². The second-order valence-electron chi connectivity index (χ2n) is 10.5. The standard InChI is InChI=1S/C26H29F6N3O5S/c1-24(2,3)40-23(37)34-11-9-21(10-12-34)35(16-17-7-5-4-6-8-17)41(38,39)33-22(36)18-13-19(25(27,28)29)15-20(14-18)26(30,31)32/h4-8,13-15,21H,9-12,16H2,1-3H3,(H,33,36). The number of likely N-dealkylation sites (tertiary alicyclic amines) is 1. The number of hydrogen-bond acceptors (Lipinski definition) is 5. The van der Waals surface area contributed by atoms with Crippen LogP contribution in [0.25, 0.3) is 0 Å². The van der Waals surface area contributed by atoms with Gasteiger partial charge >= 0.3 is 28.7 Å². The van der Waals surface area contributed by atoms with Crippen molar-refractivity contribution >= 4 is 22.2 Å². The minimum Gasteiger partial charge on any atom is -0.444 e. The summed E-state index contributed by atoms with van der Waals surface area (Å²) in [4.78, 5) is 26.6. The van der Waals surface area contributed by atoms with Gasteiger partial charge in [0, 0.05) is 31.2 Å². The van der Waals surface area contributed by atoms with Gasteiger partial charge in [0.05, 0.1) is 11.1 Å². The van der Waals surface area contributed by atoms with Crippen molar-refractivity contribution in [2.24, 2.45) is 0 Å². The Morgan fingerprint density at radius 2 is 1.44 bits per heavy atom. The van der Waals surface area contributed by atoms with Crippen LogP contribution in [0.4, 0.5) is 31.1 Å². The van der Waals surface area contributed by atoms with Gasteiger partial charge < -0.3 is 9.64 Å². The maximum atomic E-state index is 13.4. The topological polar surface area (TPSA) is 96.0 Å². The number of nitrogens with one attached hydrogen (secondary N) is 1. The van der Waals surface area contributed by atoms with Crippen LogP contribution in [-0.4, -0.2) is 54.4 Å². The lowest BCUT2D eigenvalue weighted by Gasteiger charge is -2.38. The van der Waals surface area contributed by atoms with E-state index in [0.717, 1.165) is 4.31 Å². The second-order valence-corrected chi connectivity index (χ2v) is 12.1. The number of carbonyl (C=O) groups excluding carboxylic acids is 2. The van der Waals surface area contributed by atoms with E-state index < -0.39 is 62.9 Å². The zero-order valence-corrected chi connectivity index (χ0v) is 23.2. The molecule has 0 unspecified atom stereocenters. The van der Waals surface area contributed by atoms with Crippen molar-refractivity contribution < 1.29 is 49.1 Å². The predicted octanol–water partition coefficient (Wildman–Crippen LogP) is 5.60. The maximum Gasteiger partial charge on any atom is 0.416 e. The quantitative estimate of drug-likeness (QED) is 0.431. The van der Waals surface area contributed by atoms with Crippen LogP contribution >= 0.6 is 0 Å². The summed E-state index contributed by atoms with van der Waals surface area (Å²) in [5, 5.41) is 0. The molecule has 0 aromatic heterocycles. The van der Waals surface area contributed by atoms with E-state index in [-0.39, 0.29) is 50.7 Å². The molecular formula is C26H29F6N3O5S. The lowest BCUT2D eigenvalue weighted by Crippen LogP contribution is -2.52. The minimum absolute atomic E-state index is 0.108. The predicted molar refractivity (Wildman–Crippen MR) is 136 cm³/mol. The summed E-state index contributed by atoms with van der Waals surface area (Å²) in [6, 6.07) is 7.59. The fourth-order valence-electron chi connectivity index (χ4n) is 4.16. The molecule has 0 atom stereocenters. The number of hydrogen-bond donors (Lipinski definition) is 1. The fourth-order valence-corrected chi connectivity index (χ4v) is 5.55. The minimum atomic E-state index is -5.23. The molecule has 1 aliphatic rings. The average Bonchev–Trinajstić information content (AvgIpc) is 2.85. The summed E-state index contributed by atoms with van der Waals surface area (Å²) in [6.07, 6.45) is -10.8. The number of carbonyl (C=O) groups is 2. The first-order valence-corrected chi connectivity index (χ1v) is 13.9. The van der Waals surface area contributed by atoms with Crippen molar-refractivity contribution in [1.82, 2.24) is 13.9 Å². The van der Waals surface area contributed by atoms with Crippen LogP contribution in [0.3, 0.4) is 0 Å². The Bertz CT molecular complexity index is 1320. The first-order chi connectivity index (χ1) is 18.8. The van der Waals surface area contributed by atoms with Gasteiger partial charge in [-0.05, 0) is 57.4 Å². The number of ether oxygens (including phenoxy) is 1. The third kappa shape index (κ3) is 8.83. The smallest absolute Gasteiger partial charge is 0.416 e. The molecule has 0 saturated carbocycles. The third-order valence-corrected chi connectivity index (χ3v) is 7.57.